The fourth-order valence-corrected chi connectivity index (χ4v) is 3.44. The highest BCUT2D eigenvalue weighted by Crippen LogP contribution is 2.28. The lowest BCUT2D eigenvalue weighted by molar-refractivity contribution is -0.149. The zero-order valence-electron chi connectivity index (χ0n) is 15.2. The van der Waals surface area contributed by atoms with Crippen LogP contribution in [0, 0.1) is 0 Å². The van der Waals surface area contributed by atoms with Crippen molar-refractivity contribution < 1.29 is 19.4 Å². The van der Waals surface area contributed by atoms with Crippen LogP contribution in [-0.2, 0) is 22.6 Å². The third-order valence-corrected chi connectivity index (χ3v) is 4.89. The van der Waals surface area contributed by atoms with Crippen molar-refractivity contribution in [3.63, 3.8) is 0 Å². The van der Waals surface area contributed by atoms with Crippen molar-refractivity contribution in [1.82, 2.24) is 10.3 Å². The van der Waals surface area contributed by atoms with Gasteiger partial charge in [0.15, 0.2) is 0 Å². The van der Waals surface area contributed by atoms with Gasteiger partial charge in [-0.15, -0.1) is 0 Å². The summed E-state index contributed by atoms with van der Waals surface area (Å²) >= 11 is 0. The molecule has 0 saturated heterocycles. The van der Waals surface area contributed by atoms with Gasteiger partial charge in [-0.1, -0.05) is 37.5 Å². The first kappa shape index (κ1) is 18.9. The number of hydrogen-bond donors (Lipinski definition) is 2. The van der Waals surface area contributed by atoms with Crippen molar-refractivity contribution in [2.45, 2.75) is 50.7 Å². The molecule has 0 radical (unpaired) electrons. The lowest BCUT2D eigenvalue weighted by atomic mass is 9.81. The van der Waals surface area contributed by atoms with Crippen LogP contribution in [-0.4, -0.2) is 27.5 Å². The fourth-order valence-electron chi connectivity index (χ4n) is 3.44. The number of carboxylic acid groups (broad SMARTS) is 1. The molecular weight excluding hydrogens is 344 g/mol. The Morgan fingerprint density at radius 3 is 2.59 bits per heavy atom. The second-order valence-electron chi connectivity index (χ2n) is 6.97. The van der Waals surface area contributed by atoms with Gasteiger partial charge in [-0.3, -0.25) is 9.78 Å². The number of amides is 1. The molecule has 1 aromatic heterocycles. The average Bonchev–Trinajstić information content (AvgIpc) is 2.68. The normalized spacial score (nSPS) is 15.7. The molecule has 2 N–H and O–H groups in total. The van der Waals surface area contributed by atoms with Crippen LogP contribution in [0.2, 0.25) is 0 Å². The summed E-state index contributed by atoms with van der Waals surface area (Å²) in [7, 11) is 0. The van der Waals surface area contributed by atoms with Crippen molar-refractivity contribution >= 4 is 11.9 Å². The molecule has 6 nitrogen and oxygen atoms in total. The van der Waals surface area contributed by atoms with E-state index in [9.17, 15) is 14.7 Å². The van der Waals surface area contributed by atoms with E-state index in [1.165, 1.54) is 0 Å². The molecule has 1 aromatic carbocycles. The topological polar surface area (TPSA) is 88.5 Å². The minimum Gasteiger partial charge on any atom is -0.489 e. The molecular formula is C21H24N2O4. The molecule has 1 saturated carbocycles. The molecule has 3 rings (SSSR count). The van der Waals surface area contributed by atoms with Gasteiger partial charge in [0.05, 0.1) is 6.42 Å². The Morgan fingerprint density at radius 2 is 1.89 bits per heavy atom. The van der Waals surface area contributed by atoms with E-state index in [0.29, 0.717) is 25.2 Å². The Bertz CT molecular complexity index is 786. The molecule has 6 heteroatoms. The van der Waals surface area contributed by atoms with E-state index in [1.807, 2.05) is 36.4 Å². The third-order valence-electron chi connectivity index (χ3n) is 4.89. The molecule has 0 aliphatic heterocycles. The molecule has 1 aliphatic carbocycles. The molecule has 1 heterocycles. The summed E-state index contributed by atoms with van der Waals surface area (Å²) in [6.45, 7) is 0.394. The molecule has 0 atom stereocenters. The second kappa shape index (κ2) is 8.66. The van der Waals surface area contributed by atoms with Gasteiger partial charge in [-0.25, -0.2) is 4.79 Å². The zero-order chi connectivity index (χ0) is 19.1. The summed E-state index contributed by atoms with van der Waals surface area (Å²) in [5.74, 6) is -0.553. The lowest BCUT2D eigenvalue weighted by Crippen LogP contribution is -2.55. The van der Waals surface area contributed by atoms with Gasteiger partial charge in [-0.05, 0) is 36.6 Å². The number of aromatic nitrogens is 1. The van der Waals surface area contributed by atoms with Gasteiger partial charge in [0, 0.05) is 18.0 Å². The van der Waals surface area contributed by atoms with Crippen LogP contribution in [0.4, 0.5) is 0 Å². The van der Waals surface area contributed by atoms with Gasteiger partial charge < -0.3 is 15.2 Å². The number of pyridine rings is 1. The summed E-state index contributed by atoms with van der Waals surface area (Å²) < 4.78 is 5.76. The first-order valence-corrected chi connectivity index (χ1v) is 9.22. The molecule has 0 bridgehead atoms. The van der Waals surface area contributed by atoms with E-state index in [0.717, 1.165) is 30.4 Å². The molecule has 142 valence electrons. The van der Waals surface area contributed by atoms with E-state index in [-0.39, 0.29) is 12.3 Å². The monoisotopic (exact) mass is 368 g/mol. The highest BCUT2D eigenvalue weighted by Gasteiger charge is 2.40. The van der Waals surface area contributed by atoms with Crippen molar-refractivity contribution in [1.29, 1.82) is 0 Å². The molecule has 1 amide bonds. The number of nitrogens with zero attached hydrogens (tertiary/aromatic N) is 1. The van der Waals surface area contributed by atoms with Crippen LogP contribution >= 0.6 is 0 Å². The summed E-state index contributed by atoms with van der Waals surface area (Å²) in [5, 5.41) is 12.4. The summed E-state index contributed by atoms with van der Waals surface area (Å²) in [6.07, 6.45) is 7.21. The Kier molecular flexibility index (Phi) is 6.06. The predicted octanol–water partition coefficient (Wildman–Crippen LogP) is 3.11. The van der Waals surface area contributed by atoms with Gasteiger partial charge in [0.2, 0.25) is 5.91 Å². The minimum absolute atomic E-state index is 0.124. The van der Waals surface area contributed by atoms with Gasteiger partial charge in [0.1, 0.15) is 17.9 Å². The molecule has 2 aromatic rings. The molecule has 1 aliphatic rings. The maximum Gasteiger partial charge on any atom is 0.329 e. The quantitative estimate of drug-likeness (QED) is 0.784. The van der Waals surface area contributed by atoms with E-state index < -0.39 is 11.5 Å². The Balaban J connectivity index is 1.60. The minimum atomic E-state index is -1.12. The SMILES string of the molecule is O=C(Cc1cccc(OCc2cccnc2)c1)NC1(C(=O)O)CCCCC1. The van der Waals surface area contributed by atoms with Crippen molar-refractivity contribution in [2.24, 2.45) is 0 Å². The van der Waals surface area contributed by atoms with Crippen LogP contribution < -0.4 is 10.1 Å². The summed E-state index contributed by atoms with van der Waals surface area (Å²) in [5.41, 5.74) is 0.623. The van der Waals surface area contributed by atoms with Gasteiger partial charge in [-0.2, -0.15) is 0 Å². The standard InChI is InChI=1S/C21H24N2O4/c24-19(23-21(20(25)26)9-2-1-3-10-21)13-16-6-4-8-18(12-16)27-15-17-7-5-11-22-14-17/h4-8,11-12,14H,1-3,9-10,13,15H2,(H,23,24)(H,25,26). The number of nitrogens with one attached hydrogen (secondary N) is 1. The number of carboxylic acids is 1. The number of rotatable bonds is 7. The van der Waals surface area contributed by atoms with Crippen LogP contribution in [0.5, 0.6) is 5.75 Å². The average molecular weight is 368 g/mol. The number of aliphatic carboxylic acids is 1. The molecule has 0 spiro atoms. The van der Waals surface area contributed by atoms with Gasteiger partial charge in [0.25, 0.3) is 0 Å². The summed E-state index contributed by atoms with van der Waals surface area (Å²) in [4.78, 5) is 28.2. The fraction of sp³-hybridized carbons (Fsp3) is 0.381. The highest BCUT2D eigenvalue weighted by atomic mass is 16.5. The Morgan fingerprint density at radius 1 is 1.11 bits per heavy atom. The van der Waals surface area contributed by atoms with Crippen molar-refractivity contribution in [3.05, 3.63) is 59.9 Å². The van der Waals surface area contributed by atoms with E-state index in [4.69, 9.17) is 4.74 Å². The van der Waals surface area contributed by atoms with E-state index >= 15 is 0 Å². The number of ether oxygens (including phenoxy) is 1. The molecule has 1 fully saturated rings. The maximum absolute atomic E-state index is 12.5. The van der Waals surface area contributed by atoms with Gasteiger partial charge >= 0.3 is 5.97 Å². The highest BCUT2D eigenvalue weighted by molar-refractivity contribution is 5.88. The van der Waals surface area contributed by atoms with Crippen LogP contribution in [0.3, 0.4) is 0 Å². The van der Waals surface area contributed by atoms with Crippen molar-refractivity contribution in [2.75, 3.05) is 0 Å². The van der Waals surface area contributed by atoms with E-state index in [2.05, 4.69) is 10.3 Å². The van der Waals surface area contributed by atoms with Crippen LogP contribution in [0.25, 0.3) is 0 Å². The van der Waals surface area contributed by atoms with Crippen LogP contribution in [0.1, 0.15) is 43.2 Å². The summed E-state index contributed by atoms with van der Waals surface area (Å²) in [6, 6.07) is 11.1. The largest absolute Gasteiger partial charge is 0.489 e. The third kappa shape index (κ3) is 5.06. The number of benzene rings is 1. The first-order chi connectivity index (χ1) is 13.1. The number of carbonyl (C=O) groups is 2. The predicted molar refractivity (Wildman–Crippen MR) is 100 cm³/mol. The molecule has 0 unspecified atom stereocenters. The van der Waals surface area contributed by atoms with Crippen LogP contribution in [0.15, 0.2) is 48.8 Å². The lowest BCUT2D eigenvalue weighted by Gasteiger charge is -2.34. The van der Waals surface area contributed by atoms with Crippen molar-refractivity contribution in [3.8, 4) is 5.75 Å². The smallest absolute Gasteiger partial charge is 0.329 e. The maximum atomic E-state index is 12.5. The zero-order valence-corrected chi connectivity index (χ0v) is 15.2. The molecule has 27 heavy (non-hydrogen) atoms. The first-order valence-electron chi connectivity index (χ1n) is 9.22. The second-order valence-corrected chi connectivity index (χ2v) is 6.97. The van der Waals surface area contributed by atoms with E-state index in [1.54, 1.807) is 12.4 Å². The number of carbonyl (C=O) groups excluding carboxylic acids is 1. The Hall–Kier alpha value is -2.89. The number of hydrogen-bond acceptors (Lipinski definition) is 4. The Labute approximate surface area is 158 Å².